The molecule has 10 nitrogen and oxygen atoms in total. The summed E-state index contributed by atoms with van der Waals surface area (Å²) < 4.78 is 28.6. The molecule has 5 heterocycles. The van der Waals surface area contributed by atoms with E-state index in [2.05, 4.69) is 41.1 Å². The summed E-state index contributed by atoms with van der Waals surface area (Å²) in [6, 6.07) is 16.5. The lowest BCUT2D eigenvalue weighted by Gasteiger charge is -2.32. The first kappa shape index (κ1) is 26.9. The van der Waals surface area contributed by atoms with Crippen LogP contribution in [0.1, 0.15) is 36.3 Å². The first-order valence-corrected chi connectivity index (χ1v) is 14.6. The zero-order valence-corrected chi connectivity index (χ0v) is 23.7. The van der Waals surface area contributed by atoms with Crippen LogP contribution in [-0.2, 0) is 24.2 Å². The summed E-state index contributed by atoms with van der Waals surface area (Å²) in [5.74, 6) is 1.81. The fourth-order valence-corrected chi connectivity index (χ4v) is 5.76. The molecule has 3 aromatic heterocycles. The summed E-state index contributed by atoms with van der Waals surface area (Å²) in [7, 11) is 0. The molecule has 12 heteroatoms. The van der Waals surface area contributed by atoms with E-state index < -0.39 is 0 Å². The van der Waals surface area contributed by atoms with Gasteiger partial charge >= 0.3 is 0 Å². The number of likely N-dealkylation sites (tertiary alicyclic amines) is 1. The highest BCUT2D eigenvalue weighted by Gasteiger charge is 2.26. The van der Waals surface area contributed by atoms with Crippen LogP contribution in [0.5, 0.6) is 5.88 Å². The average Bonchev–Trinajstić information content (AvgIpc) is 3.62. The highest BCUT2D eigenvalue weighted by Crippen LogP contribution is 2.27. The molecule has 0 spiro atoms. The molecule has 2 aromatic carbocycles. The summed E-state index contributed by atoms with van der Waals surface area (Å²) in [5.41, 5.74) is 4.17. The van der Waals surface area contributed by atoms with Crippen LogP contribution in [0.15, 0.2) is 54.6 Å². The van der Waals surface area contributed by atoms with Crippen molar-refractivity contribution in [3.05, 3.63) is 82.5 Å². The van der Waals surface area contributed by atoms with Gasteiger partial charge in [0.1, 0.15) is 17.7 Å². The van der Waals surface area contributed by atoms with Gasteiger partial charge in [0.15, 0.2) is 0 Å². The Labute approximate surface area is 246 Å². The number of ether oxygens (including phenoxy) is 2. The number of nitrogens with one attached hydrogen (secondary N) is 1. The van der Waals surface area contributed by atoms with Crippen LogP contribution in [0.25, 0.3) is 22.4 Å². The number of benzene rings is 2. The van der Waals surface area contributed by atoms with Crippen LogP contribution in [0.3, 0.4) is 0 Å². The number of fused-ring (bicyclic) bond motifs is 1. The van der Waals surface area contributed by atoms with Gasteiger partial charge < -0.3 is 14.0 Å². The number of pyridine rings is 1. The molecule has 7 rings (SSSR count). The summed E-state index contributed by atoms with van der Waals surface area (Å²) in [4.78, 5) is 12.1. The van der Waals surface area contributed by atoms with E-state index in [1.807, 2.05) is 30.3 Å². The van der Waals surface area contributed by atoms with Crippen LogP contribution in [0.4, 0.5) is 4.39 Å². The van der Waals surface area contributed by atoms with E-state index >= 15 is 0 Å². The fraction of sp³-hybridized carbons (Fsp3) is 0.367. The van der Waals surface area contributed by atoms with Crippen LogP contribution in [0, 0.1) is 5.82 Å². The minimum atomic E-state index is -0.329. The minimum absolute atomic E-state index is 0.0657. The Morgan fingerprint density at radius 1 is 1.05 bits per heavy atom. The molecule has 2 aliphatic rings. The van der Waals surface area contributed by atoms with E-state index in [9.17, 15) is 4.39 Å². The number of hydrogen-bond acceptors (Lipinski definition) is 8. The molecular weight excluding hydrogens is 559 g/mol. The quantitative estimate of drug-likeness (QED) is 0.261. The Balaban J connectivity index is 1.00. The van der Waals surface area contributed by atoms with Gasteiger partial charge in [-0.3, -0.25) is 4.90 Å². The Hall–Kier alpha value is -3.93. The Kier molecular flexibility index (Phi) is 7.54. The molecule has 1 N–H and O–H groups in total. The second-order valence-electron chi connectivity index (χ2n) is 10.8. The molecule has 0 bridgehead atoms. The van der Waals surface area contributed by atoms with Gasteiger partial charge in [0, 0.05) is 48.5 Å². The molecule has 2 aliphatic heterocycles. The van der Waals surface area contributed by atoms with Crippen molar-refractivity contribution in [2.24, 2.45) is 0 Å². The third kappa shape index (κ3) is 5.85. The lowest BCUT2D eigenvalue weighted by atomic mass is 10.1. The monoisotopic (exact) mass is 588 g/mol. The van der Waals surface area contributed by atoms with E-state index in [1.165, 1.54) is 6.07 Å². The number of H-pyrrole nitrogens is 1. The standard InChI is InChI=1S/C30H30ClFN8O2/c31-21-6-4-19(25(32)16-21)14-22-2-1-3-29(33-22)42-23-8-11-39(12-9-23)18-28-34-26-15-20(30-35-37-38-36-30)5-7-27(26)40(28)17-24-10-13-41-24/h1-7,15-16,23-24H,8-14,17-18H2,(H,35,36,37,38). The Morgan fingerprint density at radius 2 is 1.93 bits per heavy atom. The molecule has 42 heavy (non-hydrogen) atoms. The van der Waals surface area contributed by atoms with E-state index in [1.54, 1.807) is 12.1 Å². The van der Waals surface area contributed by atoms with Crippen molar-refractivity contribution in [3.63, 3.8) is 0 Å². The molecule has 216 valence electrons. The van der Waals surface area contributed by atoms with Crippen molar-refractivity contribution in [1.29, 1.82) is 0 Å². The van der Waals surface area contributed by atoms with Crippen molar-refractivity contribution in [2.45, 2.75) is 51.0 Å². The lowest BCUT2D eigenvalue weighted by Crippen LogP contribution is -2.39. The fourth-order valence-electron chi connectivity index (χ4n) is 5.60. The van der Waals surface area contributed by atoms with Gasteiger partial charge in [-0.05, 0) is 66.4 Å². The van der Waals surface area contributed by atoms with Crippen LogP contribution < -0.4 is 4.74 Å². The molecule has 5 aromatic rings. The highest BCUT2D eigenvalue weighted by atomic mass is 35.5. The predicted octanol–water partition coefficient (Wildman–Crippen LogP) is 4.83. The number of nitrogens with zero attached hydrogens (tertiary/aromatic N) is 7. The Morgan fingerprint density at radius 3 is 2.69 bits per heavy atom. The summed E-state index contributed by atoms with van der Waals surface area (Å²) in [5, 5.41) is 14.8. The van der Waals surface area contributed by atoms with E-state index in [0.29, 0.717) is 28.7 Å². The number of rotatable bonds is 9. The zero-order chi connectivity index (χ0) is 28.5. The van der Waals surface area contributed by atoms with Crippen LogP contribution >= 0.6 is 11.6 Å². The van der Waals surface area contributed by atoms with Gasteiger partial charge in [-0.25, -0.2) is 14.4 Å². The van der Waals surface area contributed by atoms with Gasteiger partial charge in [0.05, 0.1) is 30.2 Å². The topological polar surface area (TPSA) is 107 Å². The molecule has 0 radical (unpaired) electrons. The number of halogens is 2. The summed E-state index contributed by atoms with van der Waals surface area (Å²) in [6.45, 7) is 4.12. The van der Waals surface area contributed by atoms with Gasteiger partial charge in [-0.2, -0.15) is 5.21 Å². The van der Waals surface area contributed by atoms with Crippen molar-refractivity contribution < 1.29 is 13.9 Å². The first-order chi connectivity index (χ1) is 20.6. The smallest absolute Gasteiger partial charge is 0.213 e. The molecule has 0 saturated carbocycles. The molecule has 1 unspecified atom stereocenters. The number of imidazole rings is 1. The molecule has 0 aliphatic carbocycles. The molecule has 0 amide bonds. The maximum Gasteiger partial charge on any atom is 0.213 e. The number of piperidine rings is 1. The van der Waals surface area contributed by atoms with Gasteiger partial charge in [-0.1, -0.05) is 23.7 Å². The molecule has 1 atom stereocenters. The molecule has 2 fully saturated rings. The maximum atomic E-state index is 14.3. The number of aromatic amines is 1. The van der Waals surface area contributed by atoms with Crippen molar-refractivity contribution in [2.75, 3.05) is 19.7 Å². The average molecular weight is 589 g/mol. The van der Waals surface area contributed by atoms with E-state index in [0.717, 1.165) is 80.2 Å². The van der Waals surface area contributed by atoms with Crippen molar-refractivity contribution in [1.82, 2.24) is 40.1 Å². The highest BCUT2D eigenvalue weighted by molar-refractivity contribution is 6.30. The van der Waals surface area contributed by atoms with Crippen LogP contribution in [-0.4, -0.2) is 72.0 Å². The van der Waals surface area contributed by atoms with Crippen molar-refractivity contribution >= 4 is 22.6 Å². The predicted molar refractivity (Wildman–Crippen MR) is 155 cm³/mol. The summed E-state index contributed by atoms with van der Waals surface area (Å²) >= 11 is 5.89. The Bertz CT molecular complexity index is 1680. The van der Waals surface area contributed by atoms with E-state index in [4.69, 9.17) is 26.1 Å². The third-order valence-corrected chi connectivity index (χ3v) is 8.20. The third-order valence-electron chi connectivity index (χ3n) is 7.97. The normalized spacial score (nSPS) is 17.9. The first-order valence-electron chi connectivity index (χ1n) is 14.2. The maximum absolute atomic E-state index is 14.3. The van der Waals surface area contributed by atoms with Gasteiger partial charge in [-0.15, -0.1) is 10.2 Å². The lowest BCUT2D eigenvalue weighted by molar-refractivity contribution is -0.0592. The second-order valence-corrected chi connectivity index (χ2v) is 11.3. The number of hydrogen-bond donors (Lipinski definition) is 1. The van der Waals surface area contributed by atoms with Gasteiger partial charge in [0.25, 0.3) is 0 Å². The minimum Gasteiger partial charge on any atom is -0.474 e. The molecular formula is C30H30ClFN8O2. The summed E-state index contributed by atoms with van der Waals surface area (Å²) in [6.07, 6.45) is 3.49. The largest absolute Gasteiger partial charge is 0.474 e. The molecule has 2 saturated heterocycles. The second kappa shape index (κ2) is 11.7. The van der Waals surface area contributed by atoms with Gasteiger partial charge in [0.2, 0.25) is 11.7 Å². The number of aromatic nitrogens is 7. The van der Waals surface area contributed by atoms with Crippen LogP contribution in [0.2, 0.25) is 5.02 Å². The zero-order valence-electron chi connectivity index (χ0n) is 22.9. The SMILES string of the molecule is Fc1cc(Cl)ccc1Cc1cccc(OC2CCN(Cc3nc4cc(-c5nn[nH]n5)ccc4n3CC3CCO3)CC2)n1. The number of tetrazole rings is 1. The van der Waals surface area contributed by atoms with E-state index in [-0.39, 0.29) is 18.0 Å². The van der Waals surface area contributed by atoms with Crippen molar-refractivity contribution in [3.8, 4) is 17.3 Å².